The van der Waals surface area contributed by atoms with Crippen molar-refractivity contribution in [1.29, 1.82) is 0 Å². The minimum absolute atomic E-state index is 0.0326. The maximum absolute atomic E-state index is 12.5. The SMILES string of the molecule is COC(=O)[C@H](CC(C)C)NC(=O)C[C@@H]1CC[C@H](NC(=O)[C@H](C)NC(=O)OC(C)(C)C)[C@H]1O. The van der Waals surface area contributed by atoms with E-state index in [2.05, 4.69) is 16.0 Å². The van der Waals surface area contributed by atoms with Crippen LogP contribution in [0, 0.1) is 11.8 Å². The molecule has 1 rings (SSSR count). The molecule has 3 amide bonds. The van der Waals surface area contributed by atoms with Crippen LogP contribution in [-0.2, 0) is 23.9 Å². The maximum Gasteiger partial charge on any atom is 0.408 e. The van der Waals surface area contributed by atoms with Crippen LogP contribution in [0.25, 0.3) is 0 Å². The number of alkyl carbamates (subject to hydrolysis) is 1. The molecule has 0 unspecified atom stereocenters. The molecular formula is C22H39N3O7. The molecule has 4 N–H and O–H groups in total. The van der Waals surface area contributed by atoms with Crippen molar-refractivity contribution in [1.82, 2.24) is 16.0 Å². The van der Waals surface area contributed by atoms with E-state index in [1.165, 1.54) is 14.0 Å². The first kappa shape index (κ1) is 27.7. The average Bonchev–Trinajstić information content (AvgIpc) is 2.98. The number of carbonyl (C=O) groups is 4. The van der Waals surface area contributed by atoms with Crippen LogP contribution in [0.3, 0.4) is 0 Å². The van der Waals surface area contributed by atoms with Crippen LogP contribution in [0.1, 0.15) is 67.2 Å². The van der Waals surface area contributed by atoms with E-state index >= 15 is 0 Å². The number of amides is 3. The molecule has 32 heavy (non-hydrogen) atoms. The number of rotatable bonds is 9. The number of aliphatic hydroxyl groups is 1. The zero-order valence-electron chi connectivity index (χ0n) is 20.2. The Bertz CT molecular complexity index is 675. The summed E-state index contributed by atoms with van der Waals surface area (Å²) in [4.78, 5) is 48.6. The molecule has 0 spiro atoms. The summed E-state index contributed by atoms with van der Waals surface area (Å²) in [6.07, 6.45) is -0.0995. The molecule has 10 nitrogen and oxygen atoms in total. The van der Waals surface area contributed by atoms with Gasteiger partial charge in [0, 0.05) is 6.42 Å². The molecule has 0 heterocycles. The Balaban J connectivity index is 2.56. The standard InChI is InChI=1S/C22H39N3O7/c1-12(2)10-16(20(29)31-7)24-17(26)11-14-8-9-15(18(14)27)25-19(28)13(3)23-21(30)32-22(4,5)6/h12-16,18,27H,8-11H2,1-7H3,(H,23,30)(H,24,26)(H,25,28)/t13-,14-,15-,16-,18-/m0/s1. The zero-order valence-corrected chi connectivity index (χ0v) is 20.2. The highest BCUT2D eigenvalue weighted by molar-refractivity contribution is 5.86. The maximum atomic E-state index is 12.5. The lowest BCUT2D eigenvalue weighted by Crippen LogP contribution is -2.51. The molecular weight excluding hydrogens is 418 g/mol. The number of aliphatic hydroxyl groups excluding tert-OH is 1. The largest absolute Gasteiger partial charge is 0.467 e. The van der Waals surface area contributed by atoms with Crippen molar-refractivity contribution in [3.05, 3.63) is 0 Å². The number of methoxy groups -OCH3 is 1. The Labute approximate surface area is 190 Å². The van der Waals surface area contributed by atoms with Crippen LogP contribution >= 0.6 is 0 Å². The van der Waals surface area contributed by atoms with Crippen LogP contribution in [0.4, 0.5) is 4.79 Å². The minimum atomic E-state index is -0.917. The fourth-order valence-electron chi connectivity index (χ4n) is 3.62. The molecule has 0 radical (unpaired) electrons. The molecule has 0 saturated heterocycles. The molecule has 1 aliphatic rings. The first-order chi connectivity index (χ1) is 14.7. The molecule has 0 aromatic rings. The second-order valence-corrected chi connectivity index (χ2v) is 9.79. The van der Waals surface area contributed by atoms with E-state index in [1.807, 2.05) is 13.8 Å². The van der Waals surface area contributed by atoms with E-state index in [0.717, 1.165) is 0 Å². The summed E-state index contributed by atoms with van der Waals surface area (Å²) in [6.45, 7) is 10.6. The lowest BCUT2D eigenvalue weighted by molar-refractivity contribution is -0.145. The van der Waals surface area contributed by atoms with Crippen LogP contribution in [0.2, 0.25) is 0 Å². The van der Waals surface area contributed by atoms with E-state index in [-0.39, 0.29) is 24.2 Å². The Hall–Kier alpha value is -2.36. The van der Waals surface area contributed by atoms with E-state index < -0.39 is 47.8 Å². The van der Waals surface area contributed by atoms with Gasteiger partial charge in [0.2, 0.25) is 11.8 Å². The molecule has 1 saturated carbocycles. The summed E-state index contributed by atoms with van der Waals surface area (Å²) in [6, 6.07) is -2.12. The van der Waals surface area contributed by atoms with Crippen molar-refractivity contribution in [3.8, 4) is 0 Å². The molecule has 1 aliphatic carbocycles. The van der Waals surface area contributed by atoms with Gasteiger partial charge in [0.15, 0.2) is 0 Å². The van der Waals surface area contributed by atoms with E-state index in [1.54, 1.807) is 20.8 Å². The van der Waals surface area contributed by atoms with Crippen molar-refractivity contribution in [2.45, 2.75) is 97.1 Å². The topological polar surface area (TPSA) is 143 Å². The van der Waals surface area contributed by atoms with Gasteiger partial charge in [-0.25, -0.2) is 9.59 Å². The quantitative estimate of drug-likeness (QED) is 0.382. The van der Waals surface area contributed by atoms with Crippen LogP contribution in [0.5, 0.6) is 0 Å². The van der Waals surface area contributed by atoms with Gasteiger partial charge in [0.1, 0.15) is 17.7 Å². The smallest absolute Gasteiger partial charge is 0.408 e. The number of hydrogen-bond acceptors (Lipinski definition) is 7. The van der Waals surface area contributed by atoms with Gasteiger partial charge in [-0.2, -0.15) is 0 Å². The number of nitrogens with one attached hydrogen (secondary N) is 3. The average molecular weight is 458 g/mol. The van der Waals surface area contributed by atoms with Gasteiger partial charge in [-0.1, -0.05) is 13.8 Å². The summed E-state index contributed by atoms with van der Waals surface area (Å²) in [5.41, 5.74) is -0.683. The van der Waals surface area contributed by atoms with E-state index in [9.17, 15) is 24.3 Å². The van der Waals surface area contributed by atoms with Crippen molar-refractivity contribution in [2.24, 2.45) is 11.8 Å². The predicted molar refractivity (Wildman–Crippen MR) is 118 cm³/mol. The molecule has 0 aromatic carbocycles. The molecule has 5 atom stereocenters. The van der Waals surface area contributed by atoms with E-state index in [0.29, 0.717) is 19.3 Å². The second-order valence-electron chi connectivity index (χ2n) is 9.79. The second kappa shape index (κ2) is 12.0. The lowest BCUT2D eigenvalue weighted by Gasteiger charge is -2.24. The number of hydrogen-bond donors (Lipinski definition) is 4. The Morgan fingerprint density at radius 3 is 2.22 bits per heavy atom. The van der Waals surface area contributed by atoms with Gasteiger partial charge < -0.3 is 30.5 Å². The Morgan fingerprint density at radius 2 is 1.69 bits per heavy atom. The third kappa shape index (κ3) is 9.42. The first-order valence-electron chi connectivity index (χ1n) is 11.1. The monoisotopic (exact) mass is 457 g/mol. The van der Waals surface area contributed by atoms with Gasteiger partial charge in [0.25, 0.3) is 0 Å². The summed E-state index contributed by atoms with van der Waals surface area (Å²) < 4.78 is 9.89. The van der Waals surface area contributed by atoms with Gasteiger partial charge in [-0.3, -0.25) is 9.59 Å². The first-order valence-corrected chi connectivity index (χ1v) is 11.1. The molecule has 184 valence electrons. The van der Waals surface area contributed by atoms with Crippen LogP contribution in [0.15, 0.2) is 0 Å². The predicted octanol–water partition coefficient (Wildman–Crippen LogP) is 1.25. The molecule has 0 aliphatic heterocycles. The fourth-order valence-corrected chi connectivity index (χ4v) is 3.62. The van der Waals surface area contributed by atoms with Crippen molar-refractivity contribution >= 4 is 23.9 Å². The molecule has 0 aromatic heterocycles. The van der Waals surface area contributed by atoms with Gasteiger partial charge in [-0.05, 0) is 58.8 Å². The lowest BCUT2D eigenvalue weighted by atomic mass is 9.99. The third-order valence-corrected chi connectivity index (χ3v) is 5.17. The summed E-state index contributed by atoms with van der Waals surface area (Å²) in [7, 11) is 1.27. The highest BCUT2D eigenvalue weighted by Gasteiger charge is 2.38. The van der Waals surface area contributed by atoms with Gasteiger partial charge >= 0.3 is 12.1 Å². The molecule has 1 fully saturated rings. The minimum Gasteiger partial charge on any atom is -0.467 e. The number of esters is 1. The normalized spacial score (nSPS) is 22.6. The fraction of sp³-hybridized carbons (Fsp3) is 0.818. The Kier molecular flexibility index (Phi) is 10.4. The van der Waals surface area contributed by atoms with E-state index in [4.69, 9.17) is 9.47 Å². The third-order valence-electron chi connectivity index (χ3n) is 5.17. The van der Waals surface area contributed by atoms with Gasteiger partial charge in [-0.15, -0.1) is 0 Å². The van der Waals surface area contributed by atoms with Crippen molar-refractivity contribution < 1.29 is 33.8 Å². The van der Waals surface area contributed by atoms with Gasteiger partial charge in [0.05, 0.1) is 19.3 Å². The highest BCUT2D eigenvalue weighted by Crippen LogP contribution is 2.29. The summed E-state index contributed by atoms with van der Waals surface area (Å²) >= 11 is 0. The number of ether oxygens (including phenoxy) is 2. The Morgan fingerprint density at radius 1 is 1.06 bits per heavy atom. The summed E-state index contributed by atoms with van der Waals surface area (Å²) in [5, 5.41) is 18.5. The summed E-state index contributed by atoms with van der Waals surface area (Å²) in [5.74, 6) is -1.47. The van der Waals surface area contributed by atoms with Crippen LogP contribution < -0.4 is 16.0 Å². The molecule has 10 heteroatoms. The zero-order chi connectivity index (χ0) is 24.6. The molecule has 0 bridgehead atoms. The van der Waals surface area contributed by atoms with Crippen molar-refractivity contribution in [3.63, 3.8) is 0 Å². The number of carbonyl (C=O) groups excluding carboxylic acids is 4. The highest BCUT2D eigenvalue weighted by atomic mass is 16.6. The van der Waals surface area contributed by atoms with Crippen molar-refractivity contribution in [2.75, 3.05) is 7.11 Å². The van der Waals surface area contributed by atoms with Crippen LogP contribution in [-0.4, -0.2) is 65.9 Å².